The molecule has 0 aliphatic rings. The Labute approximate surface area is 161 Å². The number of aromatic nitrogens is 1. The number of benzene rings is 2. The third kappa shape index (κ3) is 5.55. The van der Waals surface area contributed by atoms with Crippen LogP contribution in [0.1, 0.15) is 11.3 Å². The molecular formula is C20H22FN3O4. The molecule has 1 aromatic heterocycles. The molecule has 0 saturated carbocycles. The Balaban J connectivity index is 0.000000878. The zero-order chi connectivity index (χ0) is 20.7. The van der Waals surface area contributed by atoms with Crippen molar-refractivity contribution in [3.8, 4) is 5.75 Å². The fourth-order valence-electron chi connectivity index (χ4n) is 2.84. The topological polar surface area (TPSA) is 120 Å². The first-order valence-corrected chi connectivity index (χ1v) is 8.47. The Kier molecular flexibility index (Phi) is 7.11. The highest BCUT2D eigenvalue weighted by molar-refractivity contribution is 5.83. The summed E-state index contributed by atoms with van der Waals surface area (Å²) < 4.78 is 13.3. The number of rotatable bonds is 5. The van der Waals surface area contributed by atoms with E-state index in [-0.39, 0.29) is 23.9 Å². The molecule has 5 N–H and O–H groups in total. The molecule has 3 aromatic rings. The van der Waals surface area contributed by atoms with E-state index in [1.807, 2.05) is 6.07 Å². The number of halogens is 1. The van der Waals surface area contributed by atoms with Crippen LogP contribution in [0, 0.1) is 5.82 Å². The number of nitrogens with two attached hydrogens (primary N) is 1. The Morgan fingerprint density at radius 1 is 1.25 bits per heavy atom. The summed E-state index contributed by atoms with van der Waals surface area (Å²) in [6.45, 7) is 0.110. The highest BCUT2D eigenvalue weighted by Gasteiger charge is 2.19. The van der Waals surface area contributed by atoms with Crippen LogP contribution in [0.2, 0.25) is 0 Å². The van der Waals surface area contributed by atoms with Gasteiger partial charge < -0.3 is 25.8 Å². The number of aromatic amines is 1. The van der Waals surface area contributed by atoms with Crippen molar-refractivity contribution in [1.29, 1.82) is 0 Å². The number of nitrogens with zero attached hydrogens (tertiary/aromatic N) is 1. The summed E-state index contributed by atoms with van der Waals surface area (Å²) in [6.07, 6.45) is 0.390. The number of amides is 1. The largest absolute Gasteiger partial charge is 0.508 e. The van der Waals surface area contributed by atoms with E-state index in [2.05, 4.69) is 4.98 Å². The first-order chi connectivity index (χ1) is 13.3. The van der Waals surface area contributed by atoms with Gasteiger partial charge in [-0.25, -0.2) is 4.39 Å². The lowest BCUT2D eigenvalue weighted by Gasteiger charge is -2.21. The zero-order valence-electron chi connectivity index (χ0n) is 15.3. The SMILES string of the molecule is CN(Cc1cc2cc(F)ccc2[nH]1)C(=O)[C@@H](N)Cc1ccc(O)cc1.O=CO. The Morgan fingerprint density at radius 2 is 1.89 bits per heavy atom. The highest BCUT2D eigenvalue weighted by atomic mass is 19.1. The van der Waals surface area contributed by atoms with Crippen LogP contribution in [0.15, 0.2) is 48.5 Å². The summed E-state index contributed by atoms with van der Waals surface area (Å²) in [7, 11) is 1.69. The molecule has 1 heterocycles. The molecule has 8 heteroatoms. The molecule has 0 radical (unpaired) electrons. The van der Waals surface area contributed by atoms with Gasteiger partial charge in [-0.1, -0.05) is 12.1 Å². The summed E-state index contributed by atoms with van der Waals surface area (Å²) in [5, 5.41) is 17.0. The molecule has 28 heavy (non-hydrogen) atoms. The Morgan fingerprint density at radius 3 is 2.54 bits per heavy atom. The zero-order valence-corrected chi connectivity index (χ0v) is 15.3. The van der Waals surface area contributed by atoms with Gasteiger partial charge in [0.05, 0.1) is 12.6 Å². The number of H-pyrrole nitrogens is 1. The molecule has 0 spiro atoms. The van der Waals surface area contributed by atoms with Crippen LogP contribution >= 0.6 is 0 Å². The van der Waals surface area contributed by atoms with E-state index in [9.17, 15) is 14.3 Å². The second-order valence-corrected chi connectivity index (χ2v) is 6.30. The number of carboxylic acid groups (broad SMARTS) is 1. The van der Waals surface area contributed by atoms with Crippen molar-refractivity contribution >= 4 is 23.3 Å². The first kappa shape index (κ1) is 20.9. The predicted octanol–water partition coefficient (Wildman–Crippen LogP) is 2.24. The quantitative estimate of drug-likeness (QED) is 0.501. The number of phenolic OH excluding ortho intramolecular Hbond substituents is 1. The minimum absolute atomic E-state index is 0.177. The normalized spacial score (nSPS) is 11.4. The number of hydrogen-bond donors (Lipinski definition) is 4. The van der Waals surface area contributed by atoms with Gasteiger partial charge in [-0.15, -0.1) is 0 Å². The molecule has 1 atom stereocenters. The van der Waals surface area contributed by atoms with Crippen LogP contribution in [0.5, 0.6) is 5.75 Å². The maximum Gasteiger partial charge on any atom is 0.290 e. The summed E-state index contributed by atoms with van der Waals surface area (Å²) in [4.78, 5) is 25.5. The molecule has 1 amide bonds. The van der Waals surface area contributed by atoms with Crippen molar-refractivity contribution in [1.82, 2.24) is 9.88 Å². The standard InChI is InChI=1S/C19H20FN3O2.CH2O2/c1-23(11-15-10-13-9-14(20)4-7-18(13)22-15)19(25)17(21)8-12-2-5-16(24)6-3-12;2-1-3/h2-7,9-10,17,22,24H,8,11,21H2,1H3;1H,(H,2,3)/t17-;/m0./s1. The lowest BCUT2D eigenvalue weighted by Crippen LogP contribution is -2.42. The van der Waals surface area contributed by atoms with Crippen LogP contribution in [-0.2, 0) is 22.6 Å². The molecule has 0 saturated heterocycles. The lowest BCUT2D eigenvalue weighted by atomic mass is 10.1. The smallest absolute Gasteiger partial charge is 0.290 e. The summed E-state index contributed by atoms with van der Waals surface area (Å²) >= 11 is 0. The molecule has 0 bridgehead atoms. The van der Waals surface area contributed by atoms with E-state index >= 15 is 0 Å². The van der Waals surface area contributed by atoms with Crippen molar-refractivity contribution in [2.45, 2.75) is 19.0 Å². The number of fused-ring (bicyclic) bond motifs is 1. The van der Waals surface area contributed by atoms with Gasteiger partial charge in [-0.05, 0) is 48.4 Å². The monoisotopic (exact) mass is 387 g/mol. The molecule has 0 aliphatic carbocycles. The number of carbonyl (C=O) groups is 2. The molecule has 148 valence electrons. The predicted molar refractivity (Wildman–Crippen MR) is 103 cm³/mol. The number of likely N-dealkylation sites (N-methyl/N-ethyl adjacent to an activating group) is 1. The van der Waals surface area contributed by atoms with Crippen LogP contribution in [0.3, 0.4) is 0 Å². The minimum Gasteiger partial charge on any atom is -0.508 e. The molecule has 0 unspecified atom stereocenters. The van der Waals surface area contributed by atoms with Crippen molar-refractivity contribution in [3.05, 3.63) is 65.6 Å². The third-order valence-electron chi connectivity index (χ3n) is 4.13. The van der Waals surface area contributed by atoms with Gasteiger partial charge in [0.25, 0.3) is 6.47 Å². The van der Waals surface area contributed by atoms with Crippen molar-refractivity contribution < 1.29 is 24.2 Å². The van der Waals surface area contributed by atoms with Gasteiger partial charge in [-0.3, -0.25) is 9.59 Å². The van der Waals surface area contributed by atoms with Gasteiger partial charge in [0.1, 0.15) is 11.6 Å². The Hall–Kier alpha value is -3.39. The molecule has 3 rings (SSSR count). The van der Waals surface area contributed by atoms with Crippen LogP contribution < -0.4 is 5.73 Å². The van der Waals surface area contributed by atoms with Gasteiger partial charge in [0, 0.05) is 23.6 Å². The number of carbonyl (C=O) groups excluding carboxylic acids is 1. The van der Waals surface area contributed by atoms with E-state index < -0.39 is 6.04 Å². The van der Waals surface area contributed by atoms with Gasteiger partial charge >= 0.3 is 0 Å². The number of phenols is 1. The van der Waals surface area contributed by atoms with E-state index in [4.69, 9.17) is 15.6 Å². The molecule has 0 aliphatic heterocycles. The molecule has 2 aromatic carbocycles. The fourth-order valence-corrected chi connectivity index (χ4v) is 2.84. The van der Waals surface area contributed by atoms with E-state index in [1.165, 1.54) is 12.1 Å². The van der Waals surface area contributed by atoms with Crippen molar-refractivity contribution in [2.75, 3.05) is 7.05 Å². The molecular weight excluding hydrogens is 365 g/mol. The summed E-state index contributed by atoms with van der Waals surface area (Å²) in [6, 6.07) is 12.3. The van der Waals surface area contributed by atoms with Crippen molar-refractivity contribution in [2.24, 2.45) is 5.73 Å². The summed E-state index contributed by atoms with van der Waals surface area (Å²) in [5.74, 6) is -0.299. The number of aromatic hydroxyl groups is 1. The van der Waals surface area contributed by atoms with Gasteiger partial charge in [-0.2, -0.15) is 0 Å². The average Bonchev–Trinajstić information content (AvgIpc) is 3.04. The van der Waals surface area contributed by atoms with Gasteiger partial charge in [0.2, 0.25) is 5.91 Å². The van der Waals surface area contributed by atoms with Gasteiger partial charge in [0.15, 0.2) is 0 Å². The minimum atomic E-state index is -0.670. The molecule has 0 fully saturated rings. The van der Waals surface area contributed by atoms with E-state index in [1.54, 1.807) is 42.3 Å². The van der Waals surface area contributed by atoms with E-state index in [0.717, 1.165) is 22.2 Å². The maximum atomic E-state index is 13.3. The Bertz CT molecular complexity index is 940. The third-order valence-corrected chi connectivity index (χ3v) is 4.13. The number of nitrogens with one attached hydrogen (secondary N) is 1. The van der Waals surface area contributed by atoms with Crippen LogP contribution in [0.25, 0.3) is 10.9 Å². The average molecular weight is 387 g/mol. The second-order valence-electron chi connectivity index (χ2n) is 6.30. The fraction of sp³-hybridized carbons (Fsp3) is 0.200. The second kappa shape index (κ2) is 9.52. The molecule has 7 nitrogen and oxygen atoms in total. The summed E-state index contributed by atoms with van der Waals surface area (Å²) in [5.41, 5.74) is 8.54. The van der Waals surface area contributed by atoms with Crippen molar-refractivity contribution in [3.63, 3.8) is 0 Å². The lowest BCUT2D eigenvalue weighted by molar-refractivity contribution is -0.131. The highest BCUT2D eigenvalue weighted by Crippen LogP contribution is 2.18. The van der Waals surface area contributed by atoms with Crippen LogP contribution in [0.4, 0.5) is 4.39 Å². The first-order valence-electron chi connectivity index (χ1n) is 8.47. The maximum absolute atomic E-state index is 13.3. The van der Waals surface area contributed by atoms with Crippen LogP contribution in [-0.4, -0.2) is 45.6 Å². The van der Waals surface area contributed by atoms with E-state index in [0.29, 0.717) is 13.0 Å². The number of hydrogen-bond acceptors (Lipinski definition) is 4.